The zero-order chi connectivity index (χ0) is 24.7. The van der Waals surface area contributed by atoms with Gasteiger partial charge in [0.15, 0.2) is 0 Å². The second-order valence-corrected chi connectivity index (χ2v) is 9.57. The van der Waals surface area contributed by atoms with E-state index in [0.717, 1.165) is 42.0 Å². The van der Waals surface area contributed by atoms with Crippen LogP contribution in [0.25, 0.3) is 4.91 Å². The summed E-state index contributed by atoms with van der Waals surface area (Å²) in [4.78, 5) is 2.94. The molecular weight excluding hydrogens is 448 g/mol. The zero-order valence-electron chi connectivity index (χ0n) is 19.7. The van der Waals surface area contributed by atoms with Crippen LogP contribution in [0, 0.1) is 11.3 Å². The van der Waals surface area contributed by atoms with Crippen molar-refractivity contribution in [3.05, 3.63) is 70.8 Å². The fourth-order valence-corrected chi connectivity index (χ4v) is 4.79. The van der Waals surface area contributed by atoms with Crippen molar-refractivity contribution in [3.8, 4) is 11.8 Å². The molecule has 0 amide bonds. The van der Waals surface area contributed by atoms with Gasteiger partial charge in [-0.25, -0.2) is 0 Å². The molecule has 0 fully saturated rings. The third-order valence-electron chi connectivity index (χ3n) is 5.85. The van der Waals surface area contributed by atoms with Gasteiger partial charge in [0.2, 0.25) is 0 Å². The Bertz CT molecular complexity index is 1090. The van der Waals surface area contributed by atoms with Crippen LogP contribution in [0.2, 0.25) is 0 Å². The standard InChI is InChI=1S/C26H32N4O3S/c1-17(2)33-25-7-6-22(13-23(25)14-27)26(29-28)34-18(3)20-5-4-19-8-10-30(24(15-31)16-32)11-9-21(19)12-20/h4-7,12-13,17,24,31-32H,3,8-11,15-16,28H2,1-2H3/b29-26-. The van der Waals surface area contributed by atoms with Gasteiger partial charge in [-0.05, 0) is 61.6 Å². The smallest absolute Gasteiger partial charge is 0.137 e. The Kier molecular flexibility index (Phi) is 9.13. The van der Waals surface area contributed by atoms with Gasteiger partial charge >= 0.3 is 0 Å². The molecule has 0 aliphatic carbocycles. The number of benzene rings is 2. The minimum atomic E-state index is -0.224. The number of ether oxygens (including phenoxy) is 1. The Morgan fingerprint density at radius 3 is 2.44 bits per heavy atom. The molecule has 180 valence electrons. The highest BCUT2D eigenvalue weighted by molar-refractivity contribution is 8.22. The van der Waals surface area contributed by atoms with Crippen LogP contribution in [0.15, 0.2) is 48.1 Å². The first-order valence-corrected chi connectivity index (χ1v) is 12.2. The van der Waals surface area contributed by atoms with Crippen LogP contribution in [0.5, 0.6) is 5.75 Å². The maximum Gasteiger partial charge on any atom is 0.137 e. The van der Waals surface area contributed by atoms with Crippen LogP contribution in [-0.4, -0.2) is 58.6 Å². The number of nitrogens with zero attached hydrogens (tertiary/aromatic N) is 3. The molecule has 1 aliphatic rings. The minimum Gasteiger partial charge on any atom is -0.490 e. The van der Waals surface area contributed by atoms with E-state index < -0.39 is 0 Å². The Morgan fingerprint density at radius 2 is 1.82 bits per heavy atom. The predicted octanol–water partition coefficient (Wildman–Crippen LogP) is 3.12. The van der Waals surface area contributed by atoms with Crippen molar-refractivity contribution in [3.63, 3.8) is 0 Å². The van der Waals surface area contributed by atoms with Crippen LogP contribution in [0.3, 0.4) is 0 Å². The molecule has 0 aromatic heterocycles. The molecule has 4 N–H and O–H groups in total. The number of nitriles is 1. The lowest BCUT2D eigenvalue weighted by Crippen LogP contribution is -2.42. The van der Waals surface area contributed by atoms with Gasteiger partial charge in [-0.2, -0.15) is 10.4 Å². The lowest BCUT2D eigenvalue weighted by Gasteiger charge is -2.27. The summed E-state index contributed by atoms with van der Waals surface area (Å²) in [6, 6.07) is 13.6. The Balaban J connectivity index is 1.75. The average molecular weight is 481 g/mol. The summed E-state index contributed by atoms with van der Waals surface area (Å²) in [6.45, 7) is 9.54. The number of thioether (sulfide) groups is 1. The molecule has 7 nitrogen and oxygen atoms in total. The molecule has 0 saturated carbocycles. The van der Waals surface area contributed by atoms with E-state index in [0.29, 0.717) is 16.4 Å². The van der Waals surface area contributed by atoms with Crippen molar-refractivity contribution in [1.29, 1.82) is 5.26 Å². The van der Waals surface area contributed by atoms with Gasteiger partial charge in [-0.3, -0.25) is 4.90 Å². The number of aliphatic hydroxyl groups excluding tert-OH is 2. The first-order chi connectivity index (χ1) is 16.4. The Labute approximate surface area is 205 Å². The van der Waals surface area contributed by atoms with E-state index in [2.05, 4.69) is 34.8 Å². The van der Waals surface area contributed by atoms with Crippen LogP contribution in [0.1, 0.15) is 41.7 Å². The molecule has 1 aliphatic heterocycles. The van der Waals surface area contributed by atoms with Crippen molar-refractivity contribution >= 4 is 21.7 Å². The second-order valence-electron chi connectivity index (χ2n) is 8.49. The molecule has 0 bridgehead atoms. The fraction of sp³-hybridized carbons (Fsp3) is 0.385. The van der Waals surface area contributed by atoms with E-state index in [1.807, 2.05) is 26.0 Å². The third-order valence-corrected chi connectivity index (χ3v) is 6.87. The highest BCUT2D eigenvalue weighted by Crippen LogP contribution is 2.32. The van der Waals surface area contributed by atoms with E-state index in [1.165, 1.54) is 22.9 Å². The van der Waals surface area contributed by atoms with Crippen LogP contribution in [0.4, 0.5) is 0 Å². The molecule has 2 aromatic carbocycles. The monoisotopic (exact) mass is 480 g/mol. The maximum atomic E-state index is 9.53. The normalized spacial score (nSPS) is 14.6. The van der Waals surface area contributed by atoms with Crippen molar-refractivity contribution in [2.45, 2.75) is 38.8 Å². The van der Waals surface area contributed by atoms with Gasteiger partial charge in [-0.1, -0.05) is 36.5 Å². The number of fused-ring (bicyclic) bond motifs is 1. The summed E-state index contributed by atoms with van der Waals surface area (Å²) in [6.07, 6.45) is 1.66. The largest absolute Gasteiger partial charge is 0.490 e. The third kappa shape index (κ3) is 6.19. The van der Waals surface area contributed by atoms with E-state index >= 15 is 0 Å². The zero-order valence-corrected chi connectivity index (χ0v) is 20.5. The summed E-state index contributed by atoms with van der Waals surface area (Å²) in [5, 5.41) is 33.1. The molecule has 0 radical (unpaired) electrons. The Morgan fingerprint density at radius 1 is 1.15 bits per heavy atom. The van der Waals surface area contributed by atoms with E-state index in [1.54, 1.807) is 12.1 Å². The van der Waals surface area contributed by atoms with Crippen LogP contribution >= 0.6 is 11.8 Å². The van der Waals surface area contributed by atoms with Crippen LogP contribution < -0.4 is 10.6 Å². The summed E-state index contributed by atoms with van der Waals surface area (Å²) >= 11 is 1.36. The lowest BCUT2D eigenvalue weighted by molar-refractivity contribution is 0.0769. The SMILES string of the molecule is C=C(S/C(=N\N)c1ccc(OC(C)C)c(C#N)c1)c1ccc2c(c1)CCN(C(CO)CO)CC2. The minimum absolute atomic E-state index is 0.0341. The van der Waals surface area contributed by atoms with Gasteiger partial charge in [0, 0.05) is 23.6 Å². The molecule has 0 atom stereocenters. The quantitative estimate of drug-likeness (QED) is 0.230. The molecule has 0 unspecified atom stereocenters. The summed E-state index contributed by atoms with van der Waals surface area (Å²) < 4.78 is 5.71. The van der Waals surface area contributed by atoms with Gasteiger partial charge in [0.25, 0.3) is 0 Å². The first-order valence-electron chi connectivity index (χ1n) is 11.3. The van der Waals surface area contributed by atoms with Crippen molar-refractivity contribution in [2.24, 2.45) is 10.9 Å². The van der Waals surface area contributed by atoms with E-state index in [-0.39, 0.29) is 25.4 Å². The summed E-state index contributed by atoms with van der Waals surface area (Å²) in [5.74, 6) is 6.24. The van der Waals surface area contributed by atoms with Gasteiger partial charge in [-0.15, -0.1) is 0 Å². The highest BCUT2D eigenvalue weighted by Gasteiger charge is 2.21. The molecular formula is C26H32N4O3S. The van der Waals surface area contributed by atoms with E-state index in [4.69, 9.17) is 10.6 Å². The molecule has 0 saturated heterocycles. The second kappa shape index (κ2) is 12.0. The topological polar surface area (TPSA) is 115 Å². The number of hydrogen-bond acceptors (Lipinski definition) is 8. The molecule has 34 heavy (non-hydrogen) atoms. The maximum absolute atomic E-state index is 9.53. The van der Waals surface area contributed by atoms with Crippen molar-refractivity contribution < 1.29 is 14.9 Å². The molecule has 8 heteroatoms. The molecule has 0 spiro atoms. The van der Waals surface area contributed by atoms with Gasteiger partial charge < -0.3 is 20.8 Å². The number of hydrogen-bond donors (Lipinski definition) is 3. The number of nitrogens with two attached hydrogens (primary N) is 1. The molecule has 3 rings (SSSR count). The van der Waals surface area contributed by atoms with Crippen LogP contribution in [-0.2, 0) is 12.8 Å². The number of aliphatic hydroxyl groups is 2. The van der Waals surface area contributed by atoms with Gasteiger partial charge in [0.05, 0.1) is 30.9 Å². The fourth-order valence-electron chi connectivity index (χ4n) is 4.01. The number of hydrazone groups is 1. The summed E-state index contributed by atoms with van der Waals surface area (Å²) in [7, 11) is 0. The Hall–Kier alpha value is -2.83. The number of rotatable bonds is 8. The average Bonchev–Trinajstić information content (AvgIpc) is 3.05. The van der Waals surface area contributed by atoms with Crippen molar-refractivity contribution in [2.75, 3.05) is 26.3 Å². The first kappa shape index (κ1) is 25.8. The van der Waals surface area contributed by atoms with Crippen molar-refractivity contribution in [1.82, 2.24) is 4.90 Å². The van der Waals surface area contributed by atoms with Gasteiger partial charge in [0.1, 0.15) is 16.9 Å². The van der Waals surface area contributed by atoms with E-state index in [9.17, 15) is 15.5 Å². The summed E-state index contributed by atoms with van der Waals surface area (Å²) in [5.41, 5.74) is 4.65. The molecule has 2 aromatic rings. The molecule has 1 heterocycles. The lowest BCUT2D eigenvalue weighted by atomic mass is 10.00. The highest BCUT2D eigenvalue weighted by atomic mass is 32.2. The predicted molar refractivity (Wildman–Crippen MR) is 138 cm³/mol.